The van der Waals surface area contributed by atoms with Gasteiger partial charge in [0.1, 0.15) is 17.4 Å². The molecule has 0 aliphatic carbocycles. The molecule has 0 saturated carbocycles. The molecule has 0 saturated heterocycles. The lowest BCUT2D eigenvalue weighted by Crippen LogP contribution is -2.03. The van der Waals surface area contributed by atoms with Crippen molar-refractivity contribution in [2.45, 2.75) is 12.8 Å². The molecule has 1 aromatic carbocycles. The van der Waals surface area contributed by atoms with E-state index < -0.39 is 0 Å². The molecule has 19 heavy (non-hydrogen) atoms. The maximum absolute atomic E-state index is 13.3. The lowest BCUT2D eigenvalue weighted by atomic mass is 10.1. The number of rotatable bonds is 5. The van der Waals surface area contributed by atoms with Crippen molar-refractivity contribution in [2.24, 2.45) is 12.8 Å². The number of ether oxygens (including phenoxy) is 1. The summed E-state index contributed by atoms with van der Waals surface area (Å²) in [6, 6.07) is 4.51. The molecule has 2 rings (SSSR count). The molecule has 0 fully saturated rings. The largest absolute Gasteiger partial charge is 0.496 e. The van der Waals surface area contributed by atoms with Gasteiger partial charge in [0, 0.05) is 31.6 Å². The molecule has 0 unspecified atom stereocenters. The molecule has 1 heterocycles. The zero-order valence-electron chi connectivity index (χ0n) is 11.2. The number of hydrogen-bond acceptors (Lipinski definition) is 3. The van der Waals surface area contributed by atoms with Crippen molar-refractivity contribution in [1.82, 2.24) is 9.55 Å². The van der Waals surface area contributed by atoms with Crippen molar-refractivity contribution in [3.8, 4) is 5.75 Å². The van der Waals surface area contributed by atoms with Crippen LogP contribution in [0.1, 0.15) is 17.1 Å². The molecule has 0 aliphatic heterocycles. The molecule has 0 amide bonds. The van der Waals surface area contributed by atoms with Crippen LogP contribution in [0, 0.1) is 5.82 Å². The van der Waals surface area contributed by atoms with Crippen LogP contribution in [0.2, 0.25) is 0 Å². The summed E-state index contributed by atoms with van der Waals surface area (Å²) in [4.78, 5) is 4.50. The SMILES string of the molecule is COc1ccc(F)cc1Cc1nc(CCN)cn1C. The minimum atomic E-state index is -0.271. The van der Waals surface area contributed by atoms with Crippen LogP contribution >= 0.6 is 0 Å². The number of aromatic nitrogens is 2. The van der Waals surface area contributed by atoms with Crippen LogP contribution in [-0.4, -0.2) is 23.2 Å². The van der Waals surface area contributed by atoms with Gasteiger partial charge in [-0.1, -0.05) is 0 Å². The Bertz CT molecular complexity index is 566. The third-order valence-electron chi connectivity index (χ3n) is 3.01. The molecule has 0 radical (unpaired) electrons. The fourth-order valence-corrected chi connectivity index (χ4v) is 2.06. The molecule has 102 valence electrons. The molecule has 0 atom stereocenters. The minimum absolute atomic E-state index is 0.271. The summed E-state index contributed by atoms with van der Waals surface area (Å²) in [5.41, 5.74) is 7.26. The van der Waals surface area contributed by atoms with Gasteiger partial charge in [0.2, 0.25) is 0 Å². The Morgan fingerprint density at radius 1 is 1.42 bits per heavy atom. The molecule has 0 bridgehead atoms. The third-order valence-corrected chi connectivity index (χ3v) is 3.01. The predicted molar refractivity (Wildman–Crippen MR) is 71.7 cm³/mol. The summed E-state index contributed by atoms with van der Waals surface area (Å²) in [5.74, 6) is 1.27. The van der Waals surface area contributed by atoms with E-state index >= 15 is 0 Å². The average Bonchev–Trinajstić information content (AvgIpc) is 2.71. The third kappa shape index (κ3) is 3.12. The van der Waals surface area contributed by atoms with Crippen molar-refractivity contribution >= 4 is 0 Å². The van der Waals surface area contributed by atoms with Crippen molar-refractivity contribution in [3.05, 3.63) is 47.3 Å². The van der Waals surface area contributed by atoms with Crippen LogP contribution in [0.5, 0.6) is 5.75 Å². The van der Waals surface area contributed by atoms with E-state index in [-0.39, 0.29) is 5.82 Å². The van der Waals surface area contributed by atoms with Crippen LogP contribution in [0.25, 0.3) is 0 Å². The van der Waals surface area contributed by atoms with E-state index in [4.69, 9.17) is 10.5 Å². The van der Waals surface area contributed by atoms with Crippen LogP contribution in [0.4, 0.5) is 4.39 Å². The van der Waals surface area contributed by atoms with Gasteiger partial charge in [0.25, 0.3) is 0 Å². The molecule has 0 aliphatic rings. The van der Waals surface area contributed by atoms with Crippen LogP contribution in [-0.2, 0) is 19.9 Å². The maximum Gasteiger partial charge on any atom is 0.123 e. The Labute approximate surface area is 112 Å². The van der Waals surface area contributed by atoms with Crippen LogP contribution < -0.4 is 10.5 Å². The Morgan fingerprint density at radius 3 is 2.89 bits per heavy atom. The van der Waals surface area contributed by atoms with E-state index in [0.717, 1.165) is 23.5 Å². The highest BCUT2D eigenvalue weighted by Crippen LogP contribution is 2.22. The van der Waals surface area contributed by atoms with E-state index in [9.17, 15) is 4.39 Å². The predicted octanol–water partition coefficient (Wildman–Crippen LogP) is 1.66. The zero-order valence-corrected chi connectivity index (χ0v) is 11.2. The Balaban J connectivity index is 2.27. The quantitative estimate of drug-likeness (QED) is 0.892. The second-order valence-corrected chi connectivity index (χ2v) is 4.43. The topological polar surface area (TPSA) is 53.1 Å². The van der Waals surface area contributed by atoms with E-state index in [1.165, 1.54) is 12.1 Å². The zero-order chi connectivity index (χ0) is 13.8. The molecular weight excluding hydrogens is 245 g/mol. The normalized spacial score (nSPS) is 10.7. The molecule has 2 N–H and O–H groups in total. The monoisotopic (exact) mass is 263 g/mol. The fourth-order valence-electron chi connectivity index (χ4n) is 2.06. The first-order valence-electron chi connectivity index (χ1n) is 6.17. The number of nitrogens with zero attached hydrogens (tertiary/aromatic N) is 2. The highest BCUT2D eigenvalue weighted by molar-refractivity contribution is 5.36. The number of methoxy groups -OCH3 is 1. The van der Waals surface area contributed by atoms with Gasteiger partial charge in [-0.05, 0) is 24.7 Å². The van der Waals surface area contributed by atoms with Gasteiger partial charge in [0.05, 0.1) is 12.8 Å². The average molecular weight is 263 g/mol. The first-order chi connectivity index (χ1) is 9.13. The second kappa shape index (κ2) is 5.84. The van der Waals surface area contributed by atoms with Crippen molar-refractivity contribution in [2.75, 3.05) is 13.7 Å². The van der Waals surface area contributed by atoms with Crippen LogP contribution in [0.15, 0.2) is 24.4 Å². The van der Waals surface area contributed by atoms with Gasteiger partial charge in [-0.3, -0.25) is 0 Å². The van der Waals surface area contributed by atoms with Crippen LogP contribution in [0.3, 0.4) is 0 Å². The maximum atomic E-state index is 13.3. The number of imidazole rings is 1. The summed E-state index contributed by atoms with van der Waals surface area (Å²) in [5, 5.41) is 0. The smallest absolute Gasteiger partial charge is 0.123 e. The van der Waals surface area contributed by atoms with E-state index in [0.29, 0.717) is 18.7 Å². The number of hydrogen-bond donors (Lipinski definition) is 1. The standard InChI is InChI=1S/C14H18FN3O/c1-18-9-12(5-6-16)17-14(18)8-10-7-11(15)3-4-13(10)19-2/h3-4,7,9H,5-6,8,16H2,1-2H3. The summed E-state index contributed by atoms with van der Waals surface area (Å²) >= 11 is 0. The Hall–Kier alpha value is -1.88. The van der Waals surface area contributed by atoms with E-state index in [1.807, 2.05) is 17.8 Å². The molecule has 5 heteroatoms. The number of halogens is 1. The van der Waals surface area contributed by atoms with Crippen molar-refractivity contribution in [3.63, 3.8) is 0 Å². The summed E-state index contributed by atoms with van der Waals surface area (Å²) < 4.78 is 20.5. The van der Waals surface area contributed by atoms with Gasteiger partial charge >= 0.3 is 0 Å². The first-order valence-corrected chi connectivity index (χ1v) is 6.17. The Morgan fingerprint density at radius 2 is 2.21 bits per heavy atom. The highest BCUT2D eigenvalue weighted by Gasteiger charge is 2.10. The van der Waals surface area contributed by atoms with Gasteiger partial charge < -0.3 is 15.0 Å². The molecule has 4 nitrogen and oxygen atoms in total. The number of nitrogens with two attached hydrogens (primary N) is 1. The minimum Gasteiger partial charge on any atom is -0.496 e. The van der Waals surface area contributed by atoms with Gasteiger partial charge in [0.15, 0.2) is 0 Å². The van der Waals surface area contributed by atoms with E-state index in [2.05, 4.69) is 4.98 Å². The van der Waals surface area contributed by atoms with Gasteiger partial charge in [-0.2, -0.15) is 0 Å². The first kappa shape index (κ1) is 13.5. The molecular formula is C14H18FN3O. The van der Waals surface area contributed by atoms with Crippen molar-refractivity contribution in [1.29, 1.82) is 0 Å². The van der Waals surface area contributed by atoms with Gasteiger partial charge in [-0.25, -0.2) is 9.37 Å². The fraction of sp³-hybridized carbons (Fsp3) is 0.357. The second-order valence-electron chi connectivity index (χ2n) is 4.43. The molecule has 2 aromatic rings. The number of benzene rings is 1. The van der Waals surface area contributed by atoms with E-state index in [1.54, 1.807) is 13.2 Å². The molecule has 0 spiro atoms. The Kier molecular flexibility index (Phi) is 4.16. The molecule has 1 aromatic heterocycles. The number of aryl methyl sites for hydroxylation is 1. The summed E-state index contributed by atoms with van der Waals surface area (Å²) in [7, 11) is 3.50. The summed E-state index contributed by atoms with van der Waals surface area (Å²) in [6.07, 6.45) is 3.23. The highest BCUT2D eigenvalue weighted by atomic mass is 19.1. The summed E-state index contributed by atoms with van der Waals surface area (Å²) in [6.45, 7) is 0.569. The van der Waals surface area contributed by atoms with Crippen molar-refractivity contribution < 1.29 is 9.13 Å². The lowest BCUT2D eigenvalue weighted by Gasteiger charge is -2.08. The van der Waals surface area contributed by atoms with Gasteiger partial charge in [-0.15, -0.1) is 0 Å². The lowest BCUT2D eigenvalue weighted by molar-refractivity contribution is 0.409.